The second-order valence-electron chi connectivity index (χ2n) is 8.76. The van der Waals surface area contributed by atoms with Gasteiger partial charge in [0.25, 0.3) is 5.91 Å². The van der Waals surface area contributed by atoms with Crippen molar-refractivity contribution in [3.63, 3.8) is 0 Å². The first-order valence-corrected chi connectivity index (χ1v) is 16.1. The van der Waals surface area contributed by atoms with Gasteiger partial charge in [-0.2, -0.15) is 0 Å². The number of carbonyl (C=O) groups is 1. The van der Waals surface area contributed by atoms with E-state index in [2.05, 4.69) is 10.3 Å². The number of ether oxygens (including phenoxy) is 2. The van der Waals surface area contributed by atoms with Gasteiger partial charge >= 0.3 is 7.60 Å². The lowest BCUT2D eigenvalue weighted by Gasteiger charge is -2.17. The molecule has 0 radical (unpaired) electrons. The van der Waals surface area contributed by atoms with Gasteiger partial charge in [0.2, 0.25) is 0 Å². The molecule has 1 amide bonds. The summed E-state index contributed by atoms with van der Waals surface area (Å²) in [6.45, 7) is 5.39. The van der Waals surface area contributed by atoms with Crippen LogP contribution in [0.3, 0.4) is 0 Å². The van der Waals surface area contributed by atoms with Gasteiger partial charge < -0.3 is 28.9 Å². The number of aliphatic hydroxyl groups is 1. The van der Waals surface area contributed by atoms with Crippen LogP contribution in [-0.2, 0) is 29.6 Å². The van der Waals surface area contributed by atoms with Gasteiger partial charge in [-0.05, 0) is 68.8 Å². The van der Waals surface area contributed by atoms with Crippen LogP contribution in [0.4, 0.5) is 5.82 Å². The van der Waals surface area contributed by atoms with Gasteiger partial charge in [0.05, 0.1) is 30.9 Å². The van der Waals surface area contributed by atoms with E-state index in [1.807, 2.05) is 0 Å². The maximum atomic E-state index is 13.1. The number of anilines is 1. The standard InChI is InChI=1S/C27H33N2O9PS/c1-5-35-39(32,36-6-2)18-20-7-12-26(28-16-20)29-27(31)21-13-23(37-19(3)17-30)15-24(14-21)38-22-8-10-25(11-9-22)40(4,33)34/h7-16,19,30H,5-6,17-18H2,1-4H3,(H,28,29,31)/t19-/m0/s1. The fourth-order valence-corrected chi connectivity index (χ4v) is 5.82. The first kappa shape index (κ1) is 31.3. The number of nitrogens with one attached hydrogen (secondary N) is 1. The first-order chi connectivity index (χ1) is 18.9. The number of benzene rings is 2. The molecule has 3 aromatic rings. The van der Waals surface area contributed by atoms with Crippen molar-refractivity contribution in [2.45, 2.75) is 37.9 Å². The third-order valence-electron chi connectivity index (χ3n) is 5.32. The molecule has 0 saturated heterocycles. The van der Waals surface area contributed by atoms with E-state index in [0.717, 1.165) is 6.26 Å². The summed E-state index contributed by atoms with van der Waals surface area (Å²) in [6, 6.07) is 13.6. The van der Waals surface area contributed by atoms with Crippen molar-refractivity contribution in [2.24, 2.45) is 0 Å². The lowest BCUT2D eigenvalue weighted by Crippen LogP contribution is -2.17. The van der Waals surface area contributed by atoms with Crippen LogP contribution in [0.25, 0.3) is 0 Å². The van der Waals surface area contributed by atoms with Gasteiger partial charge in [-0.25, -0.2) is 13.4 Å². The third-order valence-corrected chi connectivity index (χ3v) is 8.50. The molecule has 0 fully saturated rings. The summed E-state index contributed by atoms with van der Waals surface area (Å²) in [5.41, 5.74) is 0.808. The topological polar surface area (TPSA) is 150 Å². The Bertz CT molecular complexity index is 1440. The van der Waals surface area contributed by atoms with Gasteiger partial charge in [-0.3, -0.25) is 9.36 Å². The van der Waals surface area contributed by atoms with Crippen molar-refractivity contribution < 1.29 is 41.4 Å². The number of hydrogen-bond acceptors (Lipinski definition) is 10. The Hall–Kier alpha value is -3.28. The Kier molecular flexibility index (Phi) is 10.8. The van der Waals surface area contributed by atoms with Crippen LogP contribution < -0.4 is 14.8 Å². The first-order valence-electron chi connectivity index (χ1n) is 12.5. The highest BCUT2D eigenvalue weighted by molar-refractivity contribution is 7.90. The summed E-state index contributed by atoms with van der Waals surface area (Å²) in [5, 5.41) is 12.1. The molecule has 1 atom stereocenters. The zero-order valence-corrected chi connectivity index (χ0v) is 24.4. The number of aliphatic hydroxyl groups excluding tert-OH is 1. The molecule has 0 spiro atoms. The summed E-state index contributed by atoms with van der Waals surface area (Å²) in [6.07, 6.45) is 2.10. The summed E-state index contributed by atoms with van der Waals surface area (Å²) in [4.78, 5) is 17.5. The molecule has 2 aromatic carbocycles. The summed E-state index contributed by atoms with van der Waals surface area (Å²) in [5.74, 6) is 0.632. The molecule has 0 aliphatic rings. The van der Waals surface area contributed by atoms with Crippen molar-refractivity contribution in [1.82, 2.24) is 4.98 Å². The van der Waals surface area contributed by atoms with E-state index in [-0.39, 0.29) is 53.8 Å². The summed E-state index contributed by atoms with van der Waals surface area (Å²) in [7, 11) is -6.67. The second-order valence-corrected chi connectivity index (χ2v) is 12.8. The number of rotatable bonds is 14. The SMILES string of the molecule is CCOP(=O)(Cc1ccc(NC(=O)c2cc(Oc3ccc(S(C)(=O)=O)cc3)cc(O[C@@H](C)CO)c2)nc1)OCC. The lowest BCUT2D eigenvalue weighted by molar-refractivity contribution is 0.102. The number of amides is 1. The number of carbonyl (C=O) groups excluding carboxylic acids is 1. The molecule has 3 rings (SSSR count). The largest absolute Gasteiger partial charge is 0.488 e. The minimum absolute atomic E-state index is 0.0458. The van der Waals surface area contributed by atoms with Crippen LogP contribution in [0.5, 0.6) is 17.2 Å². The van der Waals surface area contributed by atoms with Crippen LogP contribution in [0.1, 0.15) is 36.7 Å². The number of pyridine rings is 1. The molecule has 1 aromatic heterocycles. The van der Waals surface area contributed by atoms with Crippen LogP contribution >= 0.6 is 7.60 Å². The fraction of sp³-hybridized carbons (Fsp3) is 0.333. The van der Waals surface area contributed by atoms with Crippen molar-refractivity contribution in [3.05, 3.63) is 71.9 Å². The Morgan fingerprint density at radius 2 is 1.65 bits per heavy atom. The predicted molar refractivity (Wildman–Crippen MR) is 150 cm³/mol. The average molecular weight is 593 g/mol. The summed E-state index contributed by atoms with van der Waals surface area (Å²) < 4.78 is 58.4. The van der Waals surface area contributed by atoms with Gasteiger partial charge in [-0.15, -0.1) is 0 Å². The molecule has 0 aliphatic carbocycles. The molecule has 11 nitrogen and oxygen atoms in total. The monoisotopic (exact) mass is 592 g/mol. The maximum Gasteiger partial charge on any atom is 0.335 e. The zero-order valence-electron chi connectivity index (χ0n) is 22.7. The van der Waals surface area contributed by atoms with Crippen LogP contribution in [0.2, 0.25) is 0 Å². The smallest absolute Gasteiger partial charge is 0.335 e. The van der Waals surface area contributed by atoms with Crippen molar-refractivity contribution in [3.8, 4) is 17.2 Å². The molecule has 2 N–H and O–H groups in total. The van der Waals surface area contributed by atoms with Crippen LogP contribution in [0.15, 0.2) is 65.7 Å². The number of aromatic nitrogens is 1. The van der Waals surface area contributed by atoms with Gasteiger partial charge in [0.15, 0.2) is 9.84 Å². The minimum atomic E-state index is -3.37. The number of nitrogens with zero attached hydrogens (tertiary/aromatic N) is 1. The number of sulfone groups is 1. The van der Waals surface area contributed by atoms with Gasteiger partial charge in [0.1, 0.15) is 29.2 Å². The molecule has 13 heteroatoms. The Morgan fingerprint density at radius 1 is 1.00 bits per heavy atom. The van der Waals surface area contributed by atoms with Crippen LogP contribution in [0, 0.1) is 0 Å². The average Bonchev–Trinajstić information content (AvgIpc) is 2.89. The highest BCUT2D eigenvalue weighted by Crippen LogP contribution is 2.51. The fourth-order valence-electron chi connectivity index (χ4n) is 3.52. The molecule has 1 heterocycles. The van der Waals surface area contributed by atoms with Crippen molar-refractivity contribution >= 4 is 29.2 Å². The molecular formula is C27H33N2O9PS. The quantitative estimate of drug-likeness (QED) is 0.243. The van der Waals surface area contributed by atoms with Crippen LogP contribution in [-0.4, -0.2) is 56.6 Å². The lowest BCUT2D eigenvalue weighted by atomic mass is 10.1. The van der Waals surface area contributed by atoms with E-state index < -0.39 is 29.4 Å². The normalized spacial score (nSPS) is 12.5. The van der Waals surface area contributed by atoms with Crippen molar-refractivity contribution in [1.29, 1.82) is 0 Å². The highest BCUT2D eigenvalue weighted by Gasteiger charge is 2.24. The molecule has 40 heavy (non-hydrogen) atoms. The zero-order chi connectivity index (χ0) is 29.3. The van der Waals surface area contributed by atoms with E-state index in [1.54, 1.807) is 39.0 Å². The molecule has 216 valence electrons. The van der Waals surface area contributed by atoms with E-state index in [9.17, 15) is 22.9 Å². The Labute approximate surface area is 233 Å². The van der Waals surface area contributed by atoms with Gasteiger partial charge in [-0.1, -0.05) is 6.07 Å². The molecule has 0 unspecified atom stereocenters. The maximum absolute atomic E-state index is 13.1. The molecule has 0 saturated carbocycles. The van der Waals surface area contributed by atoms with Crippen molar-refractivity contribution in [2.75, 3.05) is 31.4 Å². The van der Waals surface area contributed by atoms with E-state index in [1.165, 1.54) is 42.6 Å². The third kappa shape index (κ3) is 9.14. The number of hydrogen-bond donors (Lipinski definition) is 2. The summed E-state index contributed by atoms with van der Waals surface area (Å²) >= 11 is 0. The minimum Gasteiger partial charge on any atom is -0.488 e. The highest BCUT2D eigenvalue weighted by atomic mass is 32.2. The predicted octanol–water partition coefficient (Wildman–Crippen LogP) is 5.06. The van der Waals surface area contributed by atoms with E-state index in [4.69, 9.17) is 18.5 Å². The van der Waals surface area contributed by atoms with Gasteiger partial charge in [0, 0.05) is 24.1 Å². The second kappa shape index (κ2) is 13.9. The molecule has 0 bridgehead atoms. The molecule has 0 aliphatic heterocycles. The Morgan fingerprint density at radius 3 is 2.20 bits per heavy atom. The van der Waals surface area contributed by atoms with E-state index >= 15 is 0 Å². The molecular weight excluding hydrogens is 559 g/mol. The Balaban J connectivity index is 1.80. The van der Waals surface area contributed by atoms with E-state index in [0.29, 0.717) is 11.3 Å².